The summed E-state index contributed by atoms with van der Waals surface area (Å²) in [5.74, 6) is -0.673. The van der Waals surface area contributed by atoms with E-state index in [4.69, 9.17) is 0 Å². The molecule has 1 aromatic heterocycles. The summed E-state index contributed by atoms with van der Waals surface area (Å²) < 4.78 is 0. The quantitative estimate of drug-likeness (QED) is 0.794. The summed E-state index contributed by atoms with van der Waals surface area (Å²) >= 11 is 1.54. The molecule has 0 spiro atoms. The summed E-state index contributed by atoms with van der Waals surface area (Å²) in [7, 11) is 0. The van der Waals surface area contributed by atoms with Gasteiger partial charge in [-0.05, 0) is 17.4 Å². The van der Waals surface area contributed by atoms with Crippen LogP contribution in [0, 0.1) is 5.92 Å². The van der Waals surface area contributed by atoms with E-state index in [1.54, 1.807) is 0 Å². The summed E-state index contributed by atoms with van der Waals surface area (Å²) in [5.41, 5.74) is 0. The second-order valence-electron chi connectivity index (χ2n) is 4.95. The van der Waals surface area contributed by atoms with E-state index in [1.807, 2.05) is 31.4 Å². The molecule has 2 N–H and O–H groups in total. The summed E-state index contributed by atoms with van der Waals surface area (Å²) in [6.45, 7) is 3.87. The number of nitrogens with one attached hydrogen (secondary N) is 2. The van der Waals surface area contributed by atoms with Crippen LogP contribution in [0.25, 0.3) is 0 Å². The number of carbonyl (C=O) groups excluding carboxylic acids is 3. The molecule has 20 heavy (non-hydrogen) atoms. The molecule has 7 heteroatoms. The van der Waals surface area contributed by atoms with Crippen LogP contribution < -0.4 is 10.6 Å². The van der Waals surface area contributed by atoms with Crippen molar-refractivity contribution in [3.8, 4) is 0 Å². The molecule has 0 bridgehead atoms. The average Bonchev–Trinajstić information content (AvgIpc) is 2.99. The first-order valence-corrected chi connectivity index (χ1v) is 7.28. The van der Waals surface area contributed by atoms with Gasteiger partial charge in [0.05, 0.1) is 6.54 Å². The second kappa shape index (κ2) is 6.04. The molecule has 108 valence electrons. The Balaban J connectivity index is 1.87. The Labute approximate surface area is 121 Å². The standard InChI is InChI=1S/C13H17N3O3S/c1-8(2)11-12(18)16(13(19)15-11)7-10(17)14-6-9-4-3-5-20-9/h3-5,8,11H,6-7H2,1-2H3,(H,14,17)(H,15,19). The maximum atomic E-state index is 12.0. The van der Waals surface area contributed by atoms with Crippen molar-refractivity contribution in [2.45, 2.75) is 26.4 Å². The van der Waals surface area contributed by atoms with Crippen LogP contribution in [-0.4, -0.2) is 35.3 Å². The van der Waals surface area contributed by atoms with E-state index in [1.165, 1.54) is 11.3 Å². The number of urea groups is 1. The fourth-order valence-electron chi connectivity index (χ4n) is 1.94. The summed E-state index contributed by atoms with van der Waals surface area (Å²) in [6.07, 6.45) is 0. The van der Waals surface area contributed by atoms with Crippen LogP contribution >= 0.6 is 11.3 Å². The molecule has 6 nitrogen and oxygen atoms in total. The predicted molar refractivity (Wildman–Crippen MR) is 75.0 cm³/mol. The van der Waals surface area contributed by atoms with Crippen molar-refractivity contribution >= 4 is 29.2 Å². The van der Waals surface area contributed by atoms with Crippen molar-refractivity contribution in [3.63, 3.8) is 0 Å². The van der Waals surface area contributed by atoms with E-state index in [0.29, 0.717) is 6.54 Å². The summed E-state index contributed by atoms with van der Waals surface area (Å²) in [5, 5.41) is 7.21. The molecule has 0 radical (unpaired) electrons. The lowest BCUT2D eigenvalue weighted by Crippen LogP contribution is -2.41. The third-order valence-corrected chi connectivity index (χ3v) is 3.94. The van der Waals surface area contributed by atoms with Crippen molar-refractivity contribution in [1.29, 1.82) is 0 Å². The van der Waals surface area contributed by atoms with Crippen molar-refractivity contribution in [2.24, 2.45) is 5.92 Å². The van der Waals surface area contributed by atoms with Crippen molar-refractivity contribution in [2.75, 3.05) is 6.54 Å². The topological polar surface area (TPSA) is 78.5 Å². The van der Waals surface area contributed by atoms with Gasteiger partial charge in [-0.1, -0.05) is 19.9 Å². The molecule has 1 aliphatic rings. The van der Waals surface area contributed by atoms with Crippen LogP contribution in [0.5, 0.6) is 0 Å². The fourth-order valence-corrected chi connectivity index (χ4v) is 2.59. The third kappa shape index (κ3) is 3.16. The highest BCUT2D eigenvalue weighted by Gasteiger charge is 2.40. The van der Waals surface area contributed by atoms with Gasteiger partial charge >= 0.3 is 6.03 Å². The molecule has 1 fully saturated rings. The first-order valence-electron chi connectivity index (χ1n) is 6.40. The Bertz CT molecular complexity index is 513. The minimum atomic E-state index is -0.535. The molecular formula is C13H17N3O3S. The number of thiophene rings is 1. The number of rotatable bonds is 5. The molecule has 0 aliphatic carbocycles. The molecule has 1 saturated heterocycles. The molecular weight excluding hydrogens is 278 g/mol. The lowest BCUT2D eigenvalue weighted by Gasteiger charge is -2.14. The molecule has 1 aliphatic heterocycles. The molecule has 0 aromatic carbocycles. The van der Waals surface area contributed by atoms with Gasteiger partial charge in [0, 0.05) is 4.88 Å². The van der Waals surface area contributed by atoms with E-state index in [9.17, 15) is 14.4 Å². The van der Waals surface area contributed by atoms with Crippen LogP contribution in [0.4, 0.5) is 4.79 Å². The second-order valence-corrected chi connectivity index (χ2v) is 5.98. The maximum absolute atomic E-state index is 12.0. The average molecular weight is 295 g/mol. The minimum absolute atomic E-state index is 0.00521. The normalized spacial score (nSPS) is 18.6. The smallest absolute Gasteiger partial charge is 0.325 e. The molecule has 0 saturated carbocycles. The first-order chi connectivity index (χ1) is 9.49. The van der Waals surface area contributed by atoms with Gasteiger partial charge in [-0.2, -0.15) is 0 Å². The third-order valence-electron chi connectivity index (χ3n) is 3.06. The van der Waals surface area contributed by atoms with Crippen LogP contribution in [0.1, 0.15) is 18.7 Å². The number of carbonyl (C=O) groups is 3. The monoisotopic (exact) mass is 295 g/mol. The minimum Gasteiger partial charge on any atom is -0.350 e. The van der Waals surface area contributed by atoms with Crippen LogP contribution in [-0.2, 0) is 16.1 Å². The zero-order valence-electron chi connectivity index (χ0n) is 11.4. The lowest BCUT2D eigenvalue weighted by atomic mass is 10.1. The van der Waals surface area contributed by atoms with Crippen LogP contribution in [0.3, 0.4) is 0 Å². The molecule has 1 aromatic rings. The van der Waals surface area contributed by atoms with Gasteiger partial charge in [-0.25, -0.2) is 4.79 Å². The summed E-state index contributed by atoms with van der Waals surface area (Å²) in [6, 6.07) is 2.78. The van der Waals surface area contributed by atoms with Gasteiger partial charge in [0.15, 0.2) is 0 Å². The van der Waals surface area contributed by atoms with E-state index in [0.717, 1.165) is 9.78 Å². The highest BCUT2D eigenvalue weighted by Crippen LogP contribution is 2.13. The highest BCUT2D eigenvalue weighted by molar-refractivity contribution is 7.09. The molecule has 1 unspecified atom stereocenters. The Morgan fingerprint density at radius 2 is 2.25 bits per heavy atom. The van der Waals surface area contributed by atoms with Crippen LogP contribution in [0.2, 0.25) is 0 Å². The van der Waals surface area contributed by atoms with Gasteiger partial charge in [0.25, 0.3) is 5.91 Å². The van der Waals surface area contributed by atoms with Gasteiger partial charge in [-0.3, -0.25) is 14.5 Å². The Morgan fingerprint density at radius 1 is 1.50 bits per heavy atom. The molecule has 4 amide bonds. The number of hydrogen-bond acceptors (Lipinski definition) is 4. The van der Waals surface area contributed by atoms with E-state index < -0.39 is 12.1 Å². The van der Waals surface area contributed by atoms with Gasteiger partial charge in [-0.15, -0.1) is 11.3 Å². The van der Waals surface area contributed by atoms with Crippen LogP contribution in [0.15, 0.2) is 17.5 Å². The Morgan fingerprint density at radius 3 is 2.80 bits per heavy atom. The van der Waals surface area contributed by atoms with Crippen molar-refractivity contribution in [1.82, 2.24) is 15.5 Å². The Kier molecular flexibility index (Phi) is 4.39. The summed E-state index contributed by atoms with van der Waals surface area (Å²) in [4.78, 5) is 37.4. The SMILES string of the molecule is CC(C)C1NC(=O)N(CC(=O)NCc2cccs2)C1=O. The Hall–Kier alpha value is -1.89. The largest absolute Gasteiger partial charge is 0.350 e. The zero-order chi connectivity index (χ0) is 14.7. The lowest BCUT2D eigenvalue weighted by molar-refractivity contribution is -0.132. The molecule has 2 rings (SSSR count). The van der Waals surface area contributed by atoms with Gasteiger partial charge in [0.1, 0.15) is 12.6 Å². The maximum Gasteiger partial charge on any atom is 0.325 e. The van der Waals surface area contributed by atoms with Gasteiger partial charge < -0.3 is 10.6 Å². The number of hydrogen-bond donors (Lipinski definition) is 2. The number of imide groups is 1. The number of amides is 4. The van der Waals surface area contributed by atoms with E-state index in [-0.39, 0.29) is 24.3 Å². The van der Waals surface area contributed by atoms with Crippen molar-refractivity contribution < 1.29 is 14.4 Å². The predicted octanol–water partition coefficient (Wildman–Crippen LogP) is 0.941. The van der Waals surface area contributed by atoms with E-state index in [2.05, 4.69) is 10.6 Å². The zero-order valence-corrected chi connectivity index (χ0v) is 12.2. The van der Waals surface area contributed by atoms with Crippen molar-refractivity contribution in [3.05, 3.63) is 22.4 Å². The first kappa shape index (κ1) is 14.5. The highest BCUT2D eigenvalue weighted by atomic mass is 32.1. The van der Waals surface area contributed by atoms with E-state index >= 15 is 0 Å². The van der Waals surface area contributed by atoms with Gasteiger partial charge in [0.2, 0.25) is 5.91 Å². The number of nitrogens with zero attached hydrogens (tertiary/aromatic N) is 1. The molecule has 2 heterocycles. The molecule has 1 atom stereocenters. The fraction of sp³-hybridized carbons (Fsp3) is 0.462.